The number of ether oxygens (including phenoxy) is 3. The molecule has 6 heteroatoms. The van der Waals surface area contributed by atoms with E-state index in [-0.39, 0.29) is 0 Å². The maximum absolute atomic E-state index is 5.95. The number of fused-ring (bicyclic) bond motifs is 1. The molecule has 4 aromatic rings. The SMILES string of the molecule is COc1cc2c(Oc3ccc(N)cc3)ncnc2cc1OCc1ccccc1. The zero-order chi connectivity index (χ0) is 19.3. The molecule has 0 saturated heterocycles. The molecule has 0 aliphatic heterocycles. The average Bonchev–Trinajstić information content (AvgIpc) is 2.74. The van der Waals surface area contributed by atoms with Gasteiger partial charge in [-0.3, -0.25) is 0 Å². The molecular formula is C22H19N3O3. The van der Waals surface area contributed by atoms with Gasteiger partial charge in [0.15, 0.2) is 11.5 Å². The predicted molar refractivity (Wildman–Crippen MR) is 108 cm³/mol. The maximum Gasteiger partial charge on any atom is 0.230 e. The first kappa shape index (κ1) is 17.6. The molecule has 4 rings (SSSR count). The molecule has 0 radical (unpaired) electrons. The summed E-state index contributed by atoms with van der Waals surface area (Å²) in [4.78, 5) is 8.60. The van der Waals surface area contributed by atoms with Crippen LogP contribution >= 0.6 is 0 Å². The van der Waals surface area contributed by atoms with Crippen molar-refractivity contribution < 1.29 is 14.2 Å². The smallest absolute Gasteiger partial charge is 0.230 e. The Morgan fingerprint density at radius 1 is 0.893 bits per heavy atom. The molecule has 0 atom stereocenters. The van der Waals surface area contributed by atoms with Gasteiger partial charge in [-0.15, -0.1) is 0 Å². The number of rotatable bonds is 6. The van der Waals surface area contributed by atoms with E-state index in [0.29, 0.717) is 40.9 Å². The molecule has 0 amide bonds. The molecule has 0 spiro atoms. The molecule has 28 heavy (non-hydrogen) atoms. The number of nitrogens with zero attached hydrogens (tertiary/aromatic N) is 2. The van der Waals surface area contributed by atoms with Crippen molar-refractivity contribution in [1.82, 2.24) is 9.97 Å². The number of nitrogens with two attached hydrogens (primary N) is 1. The number of methoxy groups -OCH3 is 1. The fourth-order valence-corrected chi connectivity index (χ4v) is 2.78. The Morgan fingerprint density at radius 2 is 1.68 bits per heavy atom. The molecule has 0 bridgehead atoms. The third kappa shape index (κ3) is 3.81. The normalized spacial score (nSPS) is 10.6. The minimum Gasteiger partial charge on any atom is -0.493 e. The van der Waals surface area contributed by atoms with Gasteiger partial charge in [0.25, 0.3) is 0 Å². The molecule has 6 nitrogen and oxygen atoms in total. The van der Waals surface area contributed by atoms with E-state index >= 15 is 0 Å². The van der Waals surface area contributed by atoms with Crippen molar-refractivity contribution in [3.63, 3.8) is 0 Å². The van der Waals surface area contributed by atoms with Crippen molar-refractivity contribution in [2.45, 2.75) is 6.61 Å². The van der Waals surface area contributed by atoms with E-state index in [2.05, 4.69) is 9.97 Å². The zero-order valence-electron chi connectivity index (χ0n) is 15.3. The van der Waals surface area contributed by atoms with Crippen molar-refractivity contribution in [3.05, 3.63) is 78.6 Å². The fraction of sp³-hybridized carbons (Fsp3) is 0.0909. The first-order valence-corrected chi connectivity index (χ1v) is 8.76. The second-order valence-electron chi connectivity index (χ2n) is 6.14. The monoisotopic (exact) mass is 373 g/mol. The molecule has 1 heterocycles. The van der Waals surface area contributed by atoms with Gasteiger partial charge in [0.1, 0.15) is 18.7 Å². The molecule has 2 N–H and O–H groups in total. The number of hydrogen-bond acceptors (Lipinski definition) is 6. The van der Waals surface area contributed by atoms with Crippen molar-refractivity contribution >= 4 is 16.6 Å². The number of hydrogen-bond donors (Lipinski definition) is 1. The highest BCUT2D eigenvalue weighted by Crippen LogP contribution is 2.36. The minimum absolute atomic E-state index is 0.433. The van der Waals surface area contributed by atoms with E-state index < -0.39 is 0 Å². The van der Waals surface area contributed by atoms with Crippen LogP contribution in [0, 0.1) is 0 Å². The van der Waals surface area contributed by atoms with Crippen LogP contribution in [0.4, 0.5) is 5.69 Å². The van der Waals surface area contributed by atoms with Crippen LogP contribution in [0.1, 0.15) is 5.56 Å². The molecule has 0 aliphatic carbocycles. The van der Waals surface area contributed by atoms with E-state index in [1.54, 1.807) is 31.4 Å². The third-order valence-corrected chi connectivity index (χ3v) is 4.22. The fourth-order valence-electron chi connectivity index (χ4n) is 2.78. The summed E-state index contributed by atoms with van der Waals surface area (Å²) in [5.74, 6) is 2.26. The summed E-state index contributed by atoms with van der Waals surface area (Å²) in [5, 5.41) is 0.725. The Kier molecular flexibility index (Phi) is 4.93. The molecule has 1 aromatic heterocycles. The van der Waals surface area contributed by atoms with Gasteiger partial charge in [-0.25, -0.2) is 9.97 Å². The Labute approximate surface area is 162 Å². The lowest BCUT2D eigenvalue weighted by Crippen LogP contribution is -1.99. The molecule has 3 aromatic carbocycles. The summed E-state index contributed by atoms with van der Waals surface area (Å²) in [7, 11) is 1.60. The van der Waals surface area contributed by atoms with Crippen LogP contribution < -0.4 is 19.9 Å². The summed E-state index contributed by atoms with van der Waals surface area (Å²) in [6, 6.07) is 20.7. The van der Waals surface area contributed by atoms with Gasteiger partial charge in [-0.1, -0.05) is 30.3 Å². The van der Waals surface area contributed by atoms with E-state index in [4.69, 9.17) is 19.9 Å². The van der Waals surface area contributed by atoms with Crippen molar-refractivity contribution in [2.75, 3.05) is 12.8 Å². The summed E-state index contributed by atoms with van der Waals surface area (Å²) in [5.41, 5.74) is 8.16. The van der Waals surface area contributed by atoms with Crippen molar-refractivity contribution in [1.29, 1.82) is 0 Å². The Balaban J connectivity index is 1.65. The van der Waals surface area contributed by atoms with E-state index in [9.17, 15) is 0 Å². The van der Waals surface area contributed by atoms with Gasteiger partial charge >= 0.3 is 0 Å². The summed E-state index contributed by atoms with van der Waals surface area (Å²) in [6.07, 6.45) is 1.46. The standard InChI is InChI=1S/C22H19N3O3/c1-26-20-11-18-19(12-21(20)27-13-15-5-3-2-4-6-15)24-14-25-22(18)28-17-9-7-16(23)8-10-17/h2-12,14H,13,23H2,1H3. The van der Waals surface area contributed by atoms with Gasteiger partial charge in [0.05, 0.1) is 18.0 Å². The van der Waals surface area contributed by atoms with Crippen LogP contribution in [-0.2, 0) is 6.61 Å². The summed E-state index contributed by atoms with van der Waals surface area (Å²) < 4.78 is 17.4. The van der Waals surface area contributed by atoms with Crippen LogP contribution in [0.15, 0.2) is 73.1 Å². The van der Waals surface area contributed by atoms with Gasteiger partial charge in [-0.2, -0.15) is 0 Å². The van der Waals surface area contributed by atoms with Gasteiger partial charge in [0, 0.05) is 11.8 Å². The number of nitrogen functional groups attached to an aromatic ring is 1. The highest BCUT2D eigenvalue weighted by Gasteiger charge is 2.13. The summed E-state index contributed by atoms with van der Waals surface area (Å²) in [6.45, 7) is 0.433. The van der Waals surface area contributed by atoms with Crippen LogP contribution in [0.25, 0.3) is 10.9 Å². The first-order valence-electron chi connectivity index (χ1n) is 8.76. The van der Waals surface area contributed by atoms with Crippen LogP contribution in [0.3, 0.4) is 0 Å². The van der Waals surface area contributed by atoms with Crippen LogP contribution in [-0.4, -0.2) is 17.1 Å². The van der Waals surface area contributed by atoms with Gasteiger partial charge in [-0.05, 0) is 35.9 Å². The third-order valence-electron chi connectivity index (χ3n) is 4.22. The molecule has 0 saturated carbocycles. The molecular weight excluding hydrogens is 354 g/mol. The van der Waals surface area contributed by atoms with Crippen molar-refractivity contribution in [2.24, 2.45) is 0 Å². The summed E-state index contributed by atoms with van der Waals surface area (Å²) >= 11 is 0. The van der Waals surface area contributed by atoms with Crippen LogP contribution in [0.2, 0.25) is 0 Å². The lowest BCUT2D eigenvalue weighted by atomic mass is 10.2. The highest BCUT2D eigenvalue weighted by atomic mass is 16.5. The number of anilines is 1. The molecule has 0 unspecified atom stereocenters. The maximum atomic E-state index is 5.95. The Bertz CT molecular complexity index is 1080. The number of benzene rings is 3. The molecule has 0 aliphatic rings. The van der Waals surface area contributed by atoms with Crippen LogP contribution in [0.5, 0.6) is 23.1 Å². The lowest BCUT2D eigenvalue weighted by Gasteiger charge is -2.13. The molecule has 0 fully saturated rings. The predicted octanol–water partition coefficient (Wildman–Crippen LogP) is 4.59. The quantitative estimate of drug-likeness (QED) is 0.498. The largest absolute Gasteiger partial charge is 0.493 e. The first-order chi connectivity index (χ1) is 13.7. The lowest BCUT2D eigenvalue weighted by molar-refractivity contribution is 0.285. The van der Waals surface area contributed by atoms with E-state index in [1.165, 1.54) is 6.33 Å². The van der Waals surface area contributed by atoms with Gasteiger partial charge < -0.3 is 19.9 Å². The highest BCUT2D eigenvalue weighted by molar-refractivity contribution is 5.87. The van der Waals surface area contributed by atoms with E-state index in [0.717, 1.165) is 10.9 Å². The average molecular weight is 373 g/mol. The van der Waals surface area contributed by atoms with Crippen molar-refractivity contribution in [3.8, 4) is 23.1 Å². The van der Waals surface area contributed by atoms with Gasteiger partial charge in [0.2, 0.25) is 5.88 Å². The number of aromatic nitrogens is 2. The zero-order valence-corrected chi connectivity index (χ0v) is 15.3. The Morgan fingerprint density at radius 3 is 2.43 bits per heavy atom. The second kappa shape index (κ2) is 7.84. The second-order valence-corrected chi connectivity index (χ2v) is 6.14. The minimum atomic E-state index is 0.433. The van der Waals surface area contributed by atoms with E-state index in [1.807, 2.05) is 42.5 Å². The topological polar surface area (TPSA) is 79.5 Å². The molecule has 140 valence electrons. The Hall–Kier alpha value is -3.80.